The van der Waals surface area contributed by atoms with Gasteiger partial charge >= 0.3 is 5.97 Å². The molecule has 6 heteroatoms. The number of aliphatic hydroxyl groups excluding tert-OH is 1. The van der Waals surface area contributed by atoms with Crippen LogP contribution in [0.4, 0.5) is 0 Å². The first-order valence-electron chi connectivity index (χ1n) is 13.7. The van der Waals surface area contributed by atoms with Crippen molar-refractivity contribution in [3.63, 3.8) is 0 Å². The molecule has 4 aromatic carbocycles. The number of benzene rings is 4. The maximum atomic E-state index is 12.7. The predicted molar refractivity (Wildman–Crippen MR) is 158 cm³/mol. The molecular formula is C34H35N3O3. The Bertz CT molecular complexity index is 1380. The lowest BCUT2D eigenvalue weighted by Crippen LogP contribution is -2.37. The summed E-state index contributed by atoms with van der Waals surface area (Å²) in [6, 6.07) is 39.5. The van der Waals surface area contributed by atoms with Crippen molar-refractivity contribution in [1.82, 2.24) is 9.80 Å². The van der Waals surface area contributed by atoms with Gasteiger partial charge in [-0.25, -0.2) is 9.79 Å². The van der Waals surface area contributed by atoms with Crippen molar-refractivity contribution in [3.05, 3.63) is 144 Å². The molecular weight excluding hydrogens is 498 g/mol. The minimum atomic E-state index is -0.347. The Morgan fingerprint density at radius 2 is 1.32 bits per heavy atom. The van der Waals surface area contributed by atoms with E-state index in [-0.39, 0.29) is 37.3 Å². The van der Waals surface area contributed by atoms with Crippen molar-refractivity contribution in [1.29, 1.82) is 0 Å². The second kappa shape index (κ2) is 13.1. The molecule has 1 fully saturated rings. The van der Waals surface area contributed by atoms with Crippen LogP contribution in [0, 0.1) is 0 Å². The van der Waals surface area contributed by atoms with E-state index < -0.39 is 0 Å². The Labute approximate surface area is 236 Å². The zero-order chi connectivity index (χ0) is 27.7. The second-order valence-electron chi connectivity index (χ2n) is 9.97. The maximum absolute atomic E-state index is 12.7. The van der Waals surface area contributed by atoms with Gasteiger partial charge in [0.05, 0.1) is 36.8 Å². The average molecular weight is 534 g/mol. The number of rotatable bonds is 10. The summed E-state index contributed by atoms with van der Waals surface area (Å²) in [4.78, 5) is 22.3. The van der Waals surface area contributed by atoms with Crippen LogP contribution in [0.5, 0.6) is 0 Å². The molecule has 0 amide bonds. The molecule has 6 nitrogen and oxygen atoms in total. The number of esters is 1. The van der Waals surface area contributed by atoms with E-state index in [0.717, 1.165) is 17.1 Å². The van der Waals surface area contributed by atoms with Gasteiger partial charge in [-0.1, -0.05) is 109 Å². The number of ether oxygens (including phenoxy) is 1. The van der Waals surface area contributed by atoms with E-state index in [1.807, 2.05) is 60.7 Å². The first-order valence-corrected chi connectivity index (χ1v) is 13.7. The quantitative estimate of drug-likeness (QED) is 0.272. The monoisotopic (exact) mass is 533 g/mol. The van der Waals surface area contributed by atoms with Gasteiger partial charge in [0, 0.05) is 7.05 Å². The summed E-state index contributed by atoms with van der Waals surface area (Å²) in [7, 11) is 2.05. The molecule has 0 spiro atoms. The van der Waals surface area contributed by atoms with Crippen LogP contribution in [-0.2, 0) is 11.2 Å². The van der Waals surface area contributed by atoms with E-state index in [4.69, 9.17) is 9.73 Å². The number of aliphatic imine (C=N–C) groups is 1. The van der Waals surface area contributed by atoms with Crippen molar-refractivity contribution >= 4 is 11.9 Å². The molecule has 0 aromatic heterocycles. The number of aliphatic hydroxyl groups is 1. The minimum Gasteiger partial charge on any atom is -0.460 e. The molecule has 1 heterocycles. The lowest BCUT2D eigenvalue weighted by Gasteiger charge is -2.29. The van der Waals surface area contributed by atoms with Gasteiger partial charge in [-0.05, 0) is 35.2 Å². The third-order valence-electron chi connectivity index (χ3n) is 7.30. The number of carbonyl (C=O) groups is 1. The van der Waals surface area contributed by atoms with Crippen molar-refractivity contribution in [2.24, 2.45) is 4.99 Å². The van der Waals surface area contributed by atoms with Crippen LogP contribution >= 0.6 is 0 Å². The Hall–Kier alpha value is -4.42. The van der Waals surface area contributed by atoms with Gasteiger partial charge in [-0.15, -0.1) is 0 Å². The molecule has 3 atom stereocenters. The predicted octanol–water partition coefficient (Wildman–Crippen LogP) is 5.53. The van der Waals surface area contributed by atoms with Crippen LogP contribution in [0.3, 0.4) is 0 Å². The van der Waals surface area contributed by atoms with Gasteiger partial charge in [0.15, 0.2) is 5.96 Å². The average Bonchev–Trinajstić information content (AvgIpc) is 3.29. The third-order valence-corrected chi connectivity index (χ3v) is 7.30. The highest BCUT2D eigenvalue weighted by atomic mass is 16.5. The van der Waals surface area contributed by atoms with Gasteiger partial charge in [0.1, 0.15) is 6.61 Å². The molecule has 0 radical (unpaired) electrons. The van der Waals surface area contributed by atoms with Gasteiger partial charge in [-0.2, -0.15) is 0 Å². The van der Waals surface area contributed by atoms with Crippen LogP contribution in [0.2, 0.25) is 0 Å². The molecule has 0 unspecified atom stereocenters. The SMILES string of the molecule is CN1C(=N[C@H](CO)Cc2ccccc2)N(CCOC(=O)c2ccccc2)[C@H](c2ccccc2)[C@H]1c1ccccc1. The van der Waals surface area contributed by atoms with Crippen molar-refractivity contribution in [3.8, 4) is 0 Å². The Morgan fingerprint density at radius 3 is 1.90 bits per heavy atom. The number of carbonyl (C=O) groups excluding carboxylic acids is 1. The molecule has 1 aliphatic rings. The number of guanidine groups is 1. The lowest BCUT2D eigenvalue weighted by atomic mass is 9.93. The molecule has 0 aliphatic carbocycles. The van der Waals surface area contributed by atoms with Gasteiger partial charge in [0.25, 0.3) is 0 Å². The van der Waals surface area contributed by atoms with Crippen molar-refractivity contribution in [2.45, 2.75) is 24.5 Å². The summed E-state index contributed by atoms with van der Waals surface area (Å²) in [5, 5.41) is 10.3. The summed E-state index contributed by atoms with van der Waals surface area (Å²) in [6.45, 7) is 0.580. The third kappa shape index (κ3) is 6.24. The highest BCUT2D eigenvalue weighted by Gasteiger charge is 2.44. The van der Waals surface area contributed by atoms with Crippen LogP contribution < -0.4 is 0 Å². The molecule has 204 valence electrons. The van der Waals surface area contributed by atoms with E-state index in [1.165, 1.54) is 5.56 Å². The van der Waals surface area contributed by atoms with Crippen LogP contribution in [0.15, 0.2) is 126 Å². The number of nitrogens with zero attached hydrogens (tertiary/aromatic N) is 3. The van der Waals surface area contributed by atoms with Gasteiger partial charge in [-0.3, -0.25) is 0 Å². The molecule has 40 heavy (non-hydrogen) atoms. The number of likely N-dealkylation sites (N-methyl/N-ethyl adjacent to an activating group) is 1. The van der Waals surface area contributed by atoms with Crippen LogP contribution in [-0.4, -0.2) is 59.7 Å². The highest BCUT2D eigenvalue weighted by Crippen LogP contribution is 2.44. The number of hydrogen-bond acceptors (Lipinski definition) is 4. The fourth-order valence-corrected chi connectivity index (χ4v) is 5.40. The largest absolute Gasteiger partial charge is 0.460 e. The molecule has 1 aliphatic heterocycles. The molecule has 1 saturated heterocycles. The first-order chi connectivity index (χ1) is 19.7. The molecule has 4 aromatic rings. The smallest absolute Gasteiger partial charge is 0.338 e. The summed E-state index contributed by atoms with van der Waals surface area (Å²) in [5.41, 5.74) is 3.96. The van der Waals surface area contributed by atoms with Crippen molar-refractivity contribution in [2.75, 3.05) is 26.8 Å². The van der Waals surface area contributed by atoms with Crippen LogP contribution in [0.25, 0.3) is 0 Å². The van der Waals surface area contributed by atoms with E-state index in [9.17, 15) is 9.90 Å². The fraction of sp³-hybridized carbons (Fsp3) is 0.235. The van der Waals surface area contributed by atoms with E-state index >= 15 is 0 Å². The molecule has 0 saturated carbocycles. The second-order valence-corrected chi connectivity index (χ2v) is 9.97. The first kappa shape index (κ1) is 27.2. The van der Waals surface area contributed by atoms with Crippen molar-refractivity contribution < 1.29 is 14.6 Å². The van der Waals surface area contributed by atoms with Gasteiger partial charge < -0.3 is 19.6 Å². The van der Waals surface area contributed by atoms with Gasteiger partial charge in [0.2, 0.25) is 0 Å². The summed E-state index contributed by atoms with van der Waals surface area (Å²) >= 11 is 0. The van der Waals surface area contributed by atoms with Crippen LogP contribution in [0.1, 0.15) is 39.1 Å². The Morgan fingerprint density at radius 1 is 0.800 bits per heavy atom. The Kier molecular flexibility index (Phi) is 8.89. The summed E-state index contributed by atoms with van der Waals surface area (Å²) < 4.78 is 5.72. The molecule has 0 bridgehead atoms. The van der Waals surface area contributed by atoms with E-state index in [2.05, 4.69) is 65.4 Å². The maximum Gasteiger partial charge on any atom is 0.338 e. The Balaban J connectivity index is 1.50. The highest BCUT2D eigenvalue weighted by molar-refractivity contribution is 5.89. The van der Waals surface area contributed by atoms with E-state index in [0.29, 0.717) is 18.5 Å². The standard InChI is InChI=1S/C34H35N3O3/c1-36-31(27-16-8-3-9-17-27)32(28-18-10-4-11-19-28)37(22-23-40-33(39)29-20-12-5-13-21-29)34(36)35-30(25-38)24-26-14-6-2-7-15-26/h2-21,30-32,38H,22-25H2,1H3/t30-,31+,32+/m0/s1. The van der Waals surface area contributed by atoms with E-state index in [1.54, 1.807) is 12.1 Å². The summed E-state index contributed by atoms with van der Waals surface area (Å²) in [5.74, 6) is 0.424. The zero-order valence-electron chi connectivity index (χ0n) is 22.7. The lowest BCUT2D eigenvalue weighted by molar-refractivity contribution is 0.0476. The molecule has 1 N–H and O–H groups in total. The zero-order valence-corrected chi connectivity index (χ0v) is 22.7. The fourth-order valence-electron chi connectivity index (χ4n) is 5.40. The normalized spacial score (nSPS) is 18.6. The minimum absolute atomic E-state index is 0.0248. The molecule has 5 rings (SSSR count). The topological polar surface area (TPSA) is 65.4 Å². The number of hydrogen-bond donors (Lipinski definition) is 1. The summed E-state index contributed by atoms with van der Waals surface area (Å²) in [6.07, 6.45) is 0.623.